The van der Waals surface area contributed by atoms with E-state index in [9.17, 15) is 10.1 Å². The van der Waals surface area contributed by atoms with E-state index in [2.05, 4.69) is 19.2 Å². The summed E-state index contributed by atoms with van der Waals surface area (Å²) in [5, 5.41) is 14.1. The lowest BCUT2D eigenvalue weighted by Crippen LogP contribution is -2.28. The van der Waals surface area contributed by atoms with E-state index in [0.717, 1.165) is 12.8 Å². The van der Waals surface area contributed by atoms with Gasteiger partial charge < -0.3 is 10.1 Å². The molecule has 0 aromatic heterocycles. The van der Waals surface area contributed by atoms with Crippen LogP contribution in [-0.2, 0) is 0 Å². The first-order chi connectivity index (χ1) is 9.51. The lowest BCUT2D eigenvalue weighted by Gasteiger charge is -2.31. The molecule has 1 aliphatic rings. The smallest absolute Gasteiger partial charge is 0.333 e. The monoisotopic (exact) mass is 278 g/mol. The second kappa shape index (κ2) is 6.11. The summed E-state index contributed by atoms with van der Waals surface area (Å²) in [6.45, 7) is 4.43. The third kappa shape index (κ3) is 3.21. The van der Waals surface area contributed by atoms with Gasteiger partial charge in [0, 0.05) is 7.05 Å². The molecule has 1 aromatic carbocycles. The summed E-state index contributed by atoms with van der Waals surface area (Å²) in [5.41, 5.74) is 0.519. The number of nitrogens with zero attached hydrogens (tertiary/aromatic N) is 1. The lowest BCUT2D eigenvalue weighted by molar-refractivity contribution is -0.385. The fourth-order valence-electron chi connectivity index (χ4n) is 3.16. The maximum atomic E-state index is 11.3. The normalized spacial score (nSPS) is 26.1. The molecule has 0 bridgehead atoms. The van der Waals surface area contributed by atoms with E-state index < -0.39 is 0 Å². The summed E-state index contributed by atoms with van der Waals surface area (Å²) in [5.74, 6) is 1.58. The van der Waals surface area contributed by atoms with Crippen LogP contribution in [0.1, 0.15) is 33.1 Å². The number of hydrogen-bond donors (Lipinski definition) is 1. The largest absolute Gasteiger partial charge is 0.483 e. The predicted octanol–water partition coefficient (Wildman–Crippen LogP) is 3.84. The van der Waals surface area contributed by atoms with Crippen LogP contribution in [0.3, 0.4) is 0 Å². The van der Waals surface area contributed by atoms with E-state index in [1.165, 1.54) is 6.42 Å². The minimum atomic E-state index is -0.378. The number of hydrogen-bond acceptors (Lipinski definition) is 4. The third-order valence-corrected chi connectivity index (χ3v) is 3.88. The van der Waals surface area contributed by atoms with Crippen molar-refractivity contribution in [3.63, 3.8) is 0 Å². The molecule has 0 saturated heterocycles. The summed E-state index contributed by atoms with van der Waals surface area (Å²) in [6, 6.07) is 5.16. The standard InChI is InChI=1S/C15H22N2O3/c1-10-7-11(2)9-12(8-10)20-14-6-4-5-13(16-3)15(14)17(18)19/h4-6,10-12,16H,7-9H2,1-3H3. The molecule has 0 aliphatic heterocycles. The molecule has 20 heavy (non-hydrogen) atoms. The van der Waals surface area contributed by atoms with Crippen LogP contribution in [0.2, 0.25) is 0 Å². The van der Waals surface area contributed by atoms with Gasteiger partial charge in [0.25, 0.3) is 0 Å². The zero-order valence-corrected chi connectivity index (χ0v) is 12.3. The van der Waals surface area contributed by atoms with Crippen LogP contribution in [0, 0.1) is 22.0 Å². The molecule has 1 saturated carbocycles. The van der Waals surface area contributed by atoms with Crippen molar-refractivity contribution in [1.29, 1.82) is 0 Å². The number of nitro benzene ring substituents is 1. The van der Waals surface area contributed by atoms with Gasteiger partial charge in [-0.1, -0.05) is 19.9 Å². The summed E-state index contributed by atoms with van der Waals surface area (Å²) < 4.78 is 5.95. The van der Waals surface area contributed by atoms with Gasteiger partial charge in [0.1, 0.15) is 5.69 Å². The van der Waals surface area contributed by atoms with Gasteiger partial charge in [0.2, 0.25) is 0 Å². The Labute approximate surface area is 119 Å². The SMILES string of the molecule is CNc1cccc(OC2CC(C)CC(C)C2)c1[N+](=O)[O-]. The fourth-order valence-corrected chi connectivity index (χ4v) is 3.16. The van der Waals surface area contributed by atoms with Crippen molar-refractivity contribution >= 4 is 11.4 Å². The molecule has 0 heterocycles. The molecular formula is C15H22N2O3. The third-order valence-electron chi connectivity index (χ3n) is 3.88. The Balaban J connectivity index is 2.22. The van der Waals surface area contributed by atoms with Crippen molar-refractivity contribution in [3.05, 3.63) is 28.3 Å². The van der Waals surface area contributed by atoms with E-state index in [1.807, 2.05) is 0 Å². The molecule has 2 unspecified atom stereocenters. The van der Waals surface area contributed by atoms with Crippen molar-refractivity contribution in [2.45, 2.75) is 39.2 Å². The summed E-state index contributed by atoms with van der Waals surface area (Å²) in [7, 11) is 1.68. The second-order valence-electron chi connectivity index (χ2n) is 5.82. The zero-order valence-electron chi connectivity index (χ0n) is 12.3. The van der Waals surface area contributed by atoms with Crippen molar-refractivity contribution in [3.8, 4) is 5.75 Å². The first-order valence-corrected chi connectivity index (χ1v) is 7.13. The van der Waals surface area contributed by atoms with Gasteiger partial charge in [-0.25, -0.2) is 0 Å². The number of ether oxygens (including phenoxy) is 1. The highest BCUT2D eigenvalue weighted by molar-refractivity contribution is 5.68. The van der Waals surface area contributed by atoms with Gasteiger partial charge in [-0.2, -0.15) is 0 Å². The Bertz CT molecular complexity index is 480. The quantitative estimate of drug-likeness (QED) is 0.671. The Morgan fingerprint density at radius 3 is 2.45 bits per heavy atom. The minimum Gasteiger partial charge on any atom is -0.483 e. The predicted molar refractivity (Wildman–Crippen MR) is 79.2 cm³/mol. The maximum Gasteiger partial charge on any atom is 0.333 e. The molecule has 2 rings (SSSR count). The van der Waals surface area contributed by atoms with E-state index in [-0.39, 0.29) is 16.7 Å². The molecule has 0 radical (unpaired) electrons. The molecule has 110 valence electrons. The molecule has 2 atom stereocenters. The molecular weight excluding hydrogens is 256 g/mol. The van der Waals surface area contributed by atoms with Crippen LogP contribution in [0.15, 0.2) is 18.2 Å². The average molecular weight is 278 g/mol. The number of benzene rings is 1. The number of rotatable bonds is 4. The number of nitro groups is 1. The molecule has 1 aliphatic carbocycles. The van der Waals surface area contributed by atoms with Gasteiger partial charge in [0.15, 0.2) is 5.75 Å². The van der Waals surface area contributed by atoms with Crippen LogP contribution < -0.4 is 10.1 Å². The Hall–Kier alpha value is -1.78. The van der Waals surface area contributed by atoms with Crippen LogP contribution >= 0.6 is 0 Å². The number of nitrogens with one attached hydrogen (secondary N) is 1. The van der Waals surface area contributed by atoms with Crippen LogP contribution in [0.4, 0.5) is 11.4 Å². The van der Waals surface area contributed by atoms with Gasteiger partial charge in [-0.15, -0.1) is 0 Å². The molecule has 1 fully saturated rings. The molecule has 5 heteroatoms. The minimum absolute atomic E-state index is 0.0286. The van der Waals surface area contributed by atoms with E-state index in [1.54, 1.807) is 25.2 Å². The number of para-hydroxylation sites is 1. The van der Waals surface area contributed by atoms with Gasteiger partial charge in [-0.3, -0.25) is 10.1 Å². The molecule has 0 spiro atoms. The van der Waals surface area contributed by atoms with Gasteiger partial charge in [-0.05, 0) is 43.2 Å². The highest BCUT2D eigenvalue weighted by atomic mass is 16.6. The van der Waals surface area contributed by atoms with Crippen molar-refractivity contribution < 1.29 is 9.66 Å². The molecule has 1 aromatic rings. The van der Waals surface area contributed by atoms with Gasteiger partial charge in [0.05, 0.1) is 11.0 Å². The van der Waals surface area contributed by atoms with E-state index >= 15 is 0 Å². The van der Waals surface area contributed by atoms with E-state index in [4.69, 9.17) is 4.74 Å². The van der Waals surface area contributed by atoms with Crippen LogP contribution in [0.25, 0.3) is 0 Å². The Morgan fingerprint density at radius 1 is 1.25 bits per heavy atom. The van der Waals surface area contributed by atoms with Crippen molar-refractivity contribution in [1.82, 2.24) is 0 Å². The van der Waals surface area contributed by atoms with Gasteiger partial charge >= 0.3 is 5.69 Å². The Kier molecular flexibility index (Phi) is 4.47. The molecule has 5 nitrogen and oxygen atoms in total. The van der Waals surface area contributed by atoms with E-state index in [0.29, 0.717) is 23.3 Å². The van der Waals surface area contributed by atoms with Crippen molar-refractivity contribution in [2.24, 2.45) is 11.8 Å². The first-order valence-electron chi connectivity index (χ1n) is 7.13. The average Bonchev–Trinajstić information content (AvgIpc) is 2.36. The summed E-state index contributed by atoms with van der Waals surface area (Å²) >= 11 is 0. The molecule has 1 N–H and O–H groups in total. The highest BCUT2D eigenvalue weighted by Gasteiger charge is 2.28. The summed E-state index contributed by atoms with van der Waals surface area (Å²) in [6.07, 6.45) is 3.20. The molecule has 0 amide bonds. The summed E-state index contributed by atoms with van der Waals surface area (Å²) in [4.78, 5) is 10.9. The highest BCUT2D eigenvalue weighted by Crippen LogP contribution is 2.38. The second-order valence-corrected chi connectivity index (χ2v) is 5.82. The first kappa shape index (κ1) is 14.6. The zero-order chi connectivity index (χ0) is 14.7. The van der Waals surface area contributed by atoms with Crippen LogP contribution in [0.5, 0.6) is 5.75 Å². The fraction of sp³-hybridized carbons (Fsp3) is 0.600. The topological polar surface area (TPSA) is 64.4 Å². The maximum absolute atomic E-state index is 11.3. The van der Waals surface area contributed by atoms with Crippen LogP contribution in [-0.4, -0.2) is 18.1 Å². The van der Waals surface area contributed by atoms with Crippen molar-refractivity contribution in [2.75, 3.05) is 12.4 Å². The number of anilines is 1. The Morgan fingerprint density at radius 2 is 1.90 bits per heavy atom. The lowest BCUT2D eigenvalue weighted by atomic mass is 9.82.